The number of pyridine rings is 1. The predicted molar refractivity (Wildman–Crippen MR) is 53.2 cm³/mol. The number of alkyl halides is 3. The highest BCUT2D eigenvalue weighted by molar-refractivity contribution is 6.30. The fourth-order valence-corrected chi connectivity index (χ4v) is 1.47. The Kier molecular flexibility index (Phi) is 2.55. The summed E-state index contributed by atoms with van der Waals surface area (Å²) in [6, 6.07) is 0.994. The summed E-state index contributed by atoms with van der Waals surface area (Å²) in [4.78, 5) is 3.78. The first kappa shape index (κ1) is 11.2. The fourth-order valence-electron chi connectivity index (χ4n) is 1.30. The Morgan fingerprint density at radius 3 is 2.62 bits per heavy atom. The van der Waals surface area contributed by atoms with E-state index in [4.69, 9.17) is 17.3 Å². The molecule has 0 aromatic carbocycles. The summed E-state index contributed by atoms with van der Waals surface area (Å²) in [5.74, 6) is 0. The Morgan fingerprint density at radius 2 is 2.00 bits per heavy atom. The summed E-state index contributed by atoms with van der Waals surface area (Å²) in [5.41, 5.74) is 5.19. The summed E-state index contributed by atoms with van der Waals surface area (Å²) in [7, 11) is 0. The first-order valence-electron chi connectivity index (χ1n) is 4.34. The minimum absolute atomic E-state index is 0.227. The largest absolute Gasteiger partial charge is 0.409 e. The summed E-state index contributed by atoms with van der Waals surface area (Å²) in [6.45, 7) is 0. The minimum atomic E-state index is -4.50. The van der Waals surface area contributed by atoms with Gasteiger partial charge in [-0.1, -0.05) is 11.6 Å². The van der Waals surface area contributed by atoms with Gasteiger partial charge in [0, 0.05) is 12.4 Å². The van der Waals surface area contributed by atoms with Crippen LogP contribution in [-0.4, -0.2) is 15.6 Å². The van der Waals surface area contributed by atoms with Gasteiger partial charge in [-0.15, -0.1) is 0 Å². The van der Waals surface area contributed by atoms with Crippen LogP contribution in [-0.2, 0) is 0 Å². The molecular weight excluding hydrogens is 243 g/mol. The van der Waals surface area contributed by atoms with Gasteiger partial charge >= 0.3 is 6.18 Å². The Balaban J connectivity index is 2.47. The van der Waals surface area contributed by atoms with Gasteiger partial charge in [0.2, 0.25) is 0 Å². The van der Waals surface area contributed by atoms with E-state index in [1.807, 2.05) is 0 Å². The lowest BCUT2D eigenvalue weighted by atomic mass is 10.2. The molecule has 0 saturated heterocycles. The Labute approximate surface area is 93.6 Å². The molecule has 2 aromatic rings. The lowest BCUT2D eigenvalue weighted by Gasteiger charge is -2.12. The molecule has 0 saturated carbocycles. The zero-order chi connectivity index (χ0) is 11.9. The minimum Gasteiger partial charge on any atom is -0.315 e. The number of hydrogen-bond donors (Lipinski definition) is 1. The third-order valence-corrected chi connectivity index (χ3v) is 2.33. The molecule has 0 radical (unpaired) electrons. The van der Waals surface area contributed by atoms with Gasteiger partial charge in [0.1, 0.15) is 11.7 Å². The van der Waals surface area contributed by atoms with Crippen LogP contribution in [0.25, 0.3) is 5.65 Å². The molecule has 0 fully saturated rings. The molecule has 2 rings (SSSR count). The van der Waals surface area contributed by atoms with Crippen molar-refractivity contribution in [3.63, 3.8) is 0 Å². The topological polar surface area (TPSA) is 43.3 Å². The maximum absolute atomic E-state index is 12.3. The van der Waals surface area contributed by atoms with E-state index in [-0.39, 0.29) is 5.69 Å². The van der Waals surface area contributed by atoms with Gasteiger partial charge in [-0.05, 0) is 12.1 Å². The number of rotatable bonds is 1. The average Bonchev–Trinajstić information content (AvgIpc) is 2.57. The number of hydrogen-bond acceptors (Lipinski definition) is 2. The fraction of sp³-hybridized carbons (Fsp3) is 0.222. The van der Waals surface area contributed by atoms with Crippen molar-refractivity contribution in [1.82, 2.24) is 9.38 Å². The molecule has 0 bridgehead atoms. The number of aromatic nitrogens is 2. The zero-order valence-corrected chi connectivity index (χ0v) is 8.63. The molecule has 86 valence electrons. The van der Waals surface area contributed by atoms with Gasteiger partial charge in [0.05, 0.1) is 10.7 Å². The van der Waals surface area contributed by atoms with E-state index < -0.39 is 12.2 Å². The summed E-state index contributed by atoms with van der Waals surface area (Å²) >= 11 is 5.70. The number of nitrogens with two attached hydrogens (primary N) is 1. The van der Waals surface area contributed by atoms with Crippen LogP contribution in [0.2, 0.25) is 5.02 Å². The molecule has 1 atom stereocenters. The third kappa shape index (κ3) is 1.98. The van der Waals surface area contributed by atoms with Crippen molar-refractivity contribution in [3.05, 3.63) is 35.2 Å². The van der Waals surface area contributed by atoms with Gasteiger partial charge < -0.3 is 10.1 Å². The molecular formula is C9H7ClF3N3. The van der Waals surface area contributed by atoms with Crippen LogP contribution >= 0.6 is 11.6 Å². The van der Waals surface area contributed by atoms with Gasteiger partial charge in [0.25, 0.3) is 0 Å². The molecule has 1 unspecified atom stereocenters. The molecule has 0 aliphatic carbocycles. The quantitative estimate of drug-likeness (QED) is 0.844. The Hall–Kier alpha value is -1.27. The van der Waals surface area contributed by atoms with Crippen LogP contribution in [0.4, 0.5) is 13.2 Å². The molecule has 2 aromatic heterocycles. The molecule has 0 amide bonds. The second kappa shape index (κ2) is 3.64. The van der Waals surface area contributed by atoms with E-state index >= 15 is 0 Å². The van der Waals surface area contributed by atoms with E-state index in [1.165, 1.54) is 22.9 Å². The van der Waals surface area contributed by atoms with E-state index in [1.54, 1.807) is 6.07 Å². The monoisotopic (exact) mass is 249 g/mol. The molecule has 0 aliphatic heterocycles. The molecule has 16 heavy (non-hydrogen) atoms. The Morgan fingerprint density at radius 1 is 1.31 bits per heavy atom. The van der Waals surface area contributed by atoms with Crippen LogP contribution < -0.4 is 5.73 Å². The van der Waals surface area contributed by atoms with Crippen LogP contribution in [0.5, 0.6) is 0 Å². The first-order valence-corrected chi connectivity index (χ1v) is 4.72. The summed E-state index contributed by atoms with van der Waals surface area (Å²) in [6.07, 6.45) is -1.81. The number of halogens is 4. The van der Waals surface area contributed by atoms with Crippen molar-refractivity contribution >= 4 is 17.2 Å². The summed E-state index contributed by atoms with van der Waals surface area (Å²) < 4.78 is 38.4. The molecule has 3 nitrogen and oxygen atoms in total. The van der Waals surface area contributed by atoms with E-state index in [9.17, 15) is 13.2 Å². The lowest BCUT2D eigenvalue weighted by molar-refractivity contribution is -0.149. The highest BCUT2D eigenvalue weighted by atomic mass is 35.5. The molecule has 0 aliphatic rings. The molecule has 2 heterocycles. The molecule has 0 spiro atoms. The van der Waals surface area contributed by atoms with Crippen molar-refractivity contribution in [2.24, 2.45) is 5.73 Å². The summed E-state index contributed by atoms with van der Waals surface area (Å²) in [5, 5.41) is 0.414. The van der Waals surface area contributed by atoms with Gasteiger partial charge in [0.15, 0.2) is 0 Å². The van der Waals surface area contributed by atoms with Crippen molar-refractivity contribution < 1.29 is 13.2 Å². The predicted octanol–water partition coefficient (Wildman–Crippen LogP) is 2.55. The zero-order valence-electron chi connectivity index (χ0n) is 7.87. The maximum Gasteiger partial charge on any atom is 0.409 e. The Bertz CT molecular complexity index is 520. The molecule has 7 heteroatoms. The second-order valence-corrected chi connectivity index (χ2v) is 3.73. The first-order chi connectivity index (χ1) is 7.38. The highest BCUT2D eigenvalue weighted by Crippen LogP contribution is 2.30. The molecule has 2 N–H and O–H groups in total. The normalized spacial score (nSPS) is 14.3. The van der Waals surface area contributed by atoms with E-state index in [2.05, 4.69) is 4.98 Å². The van der Waals surface area contributed by atoms with Crippen LogP contribution in [0.15, 0.2) is 24.5 Å². The highest BCUT2D eigenvalue weighted by Gasteiger charge is 2.39. The van der Waals surface area contributed by atoms with Gasteiger partial charge in [-0.3, -0.25) is 0 Å². The smallest absolute Gasteiger partial charge is 0.315 e. The number of fused-ring (bicyclic) bond motifs is 1. The van der Waals surface area contributed by atoms with Crippen molar-refractivity contribution in [1.29, 1.82) is 0 Å². The van der Waals surface area contributed by atoms with Crippen LogP contribution in [0.3, 0.4) is 0 Å². The standard InChI is InChI=1S/C9H7ClF3N3/c10-5-1-2-7-15-6(4-16(7)3-5)8(14)9(11,12)13/h1-4,8H,14H2. The van der Waals surface area contributed by atoms with Gasteiger partial charge in [-0.25, -0.2) is 4.98 Å². The number of imidazole rings is 1. The number of nitrogens with zero attached hydrogens (tertiary/aromatic N) is 2. The van der Waals surface area contributed by atoms with Gasteiger partial charge in [-0.2, -0.15) is 13.2 Å². The second-order valence-electron chi connectivity index (χ2n) is 3.30. The average molecular weight is 250 g/mol. The van der Waals surface area contributed by atoms with Crippen molar-refractivity contribution in [2.45, 2.75) is 12.2 Å². The lowest BCUT2D eigenvalue weighted by Crippen LogP contribution is -2.28. The third-order valence-electron chi connectivity index (χ3n) is 2.10. The van der Waals surface area contributed by atoms with E-state index in [0.717, 1.165) is 0 Å². The SMILES string of the molecule is NC(c1cn2cc(Cl)ccc2n1)C(F)(F)F. The maximum atomic E-state index is 12.3. The van der Waals surface area contributed by atoms with E-state index in [0.29, 0.717) is 10.7 Å². The van der Waals surface area contributed by atoms with Crippen molar-refractivity contribution in [2.75, 3.05) is 0 Å². The van der Waals surface area contributed by atoms with Crippen LogP contribution in [0, 0.1) is 0 Å². The van der Waals surface area contributed by atoms with Crippen molar-refractivity contribution in [3.8, 4) is 0 Å². The van der Waals surface area contributed by atoms with Crippen LogP contribution in [0.1, 0.15) is 11.7 Å².